The maximum Gasteiger partial charge on any atom is 0.372 e. The summed E-state index contributed by atoms with van der Waals surface area (Å²) in [5.74, 6) is -4.12. The lowest BCUT2D eigenvalue weighted by Gasteiger charge is -2.25. The number of rotatable bonds is 14. The summed E-state index contributed by atoms with van der Waals surface area (Å²) < 4.78 is 15.9. The van der Waals surface area contributed by atoms with Crippen molar-refractivity contribution in [3.63, 3.8) is 0 Å². The molecule has 0 aliphatic carbocycles. The quantitative estimate of drug-likeness (QED) is 0.182. The second kappa shape index (κ2) is 13.8. The van der Waals surface area contributed by atoms with Crippen molar-refractivity contribution in [2.45, 2.75) is 77.9 Å². The molecule has 9 nitrogen and oxygen atoms in total. The van der Waals surface area contributed by atoms with E-state index in [9.17, 15) is 24.3 Å². The molecule has 176 valence electrons. The largest absolute Gasteiger partial charge is 0.502 e. The lowest BCUT2D eigenvalue weighted by Crippen LogP contribution is -2.37. The zero-order valence-electron chi connectivity index (χ0n) is 18.7. The third-order valence-electron chi connectivity index (χ3n) is 5.22. The van der Waals surface area contributed by atoms with Crippen LogP contribution in [0.3, 0.4) is 0 Å². The van der Waals surface area contributed by atoms with Gasteiger partial charge in [0.05, 0.1) is 18.6 Å². The Morgan fingerprint density at radius 3 is 2.42 bits per heavy atom. The Kier molecular flexibility index (Phi) is 11.8. The number of ether oxygens (including phenoxy) is 3. The minimum absolute atomic E-state index is 0.0270. The fourth-order valence-corrected chi connectivity index (χ4v) is 3.39. The Hall–Kier alpha value is -2.42. The summed E-state index contributed by atoms with van der Waals surface area (Å²) in [5.41, 5.74) is 0. The molecule has 1 heterocycles. The second-order valence-electron chi connectivity index (χ2n) is 7.79. The van der Waals surface area contributed by atoms with Gasteiger partial charge in [0.25, 0.3) is 0 Å². The van der Waals surface area contributed by atoms with Crippen molar-refractivity contribution >= 4 is 23.8 Å². The van der Waals surface area contributed by atoms with Crippen LogP contribution in [0.25, 0.3) is 0 Å². The lowest BCUT2D eigenvalue weighted by molar-refractivity contribution is -0.164. The summed E-state index contributed by atoms with van der Waals surface area (Å²) >= 11 is 0. The standard InChI is InChI=1S/C22H35NO8/c1-5-10-29-17(7-3)12-15(13-30-20(26)14(4)24)11-16(6-2)21(27)31-22(28)18-8-9-19(25)23-18/h15-18,24H,4-13H2,1-3H3,(H,23,25). The van der Waals surface area contributed by atoms with Crippen LogP contribution in [0.2, 0.25) is 0 Å². The molecule has 0 aromatic heterocycles. The number of carbonyl (C=O) groups is 4. The molecule has 0 aromatic rings. The molecular weight excluding hydrogens is 406 g/mol. The van der Waals surface area contributed by atoms with Crippen LogP contribution >= 0.6 is 0 Å². The van der Waals surface area contributed by atoms with Crippen LogP contribution in [0.1, 0.15) is 65.7 Å². The number of hydrogen-bond donors (Lipinski definition) is 2. The molecule has 0 aromatic carbocycles. The summed E-state index contributed by atoms with van der Waals surface area (Å²) in [5, 5.41) is 11.7. The maximum absolute atomic E-state index is 12.6. The number of amides is 1. The summed E-state index contributed by atoms with van der Waals surface area (Å²) in [6, 6.07) is -0.798. The molecule has 9 heteroatoms. The predicted octanol–water partition coefficient (Wildman–Crippen LogP) is 2.58. The maximum atomic E-state index is 12.6. The highest BCUT2D eigenvalue weighted by atomic mass is 16.6. The molecular formula is C22H35NO8. The molecule has 1 aliphatic rings. The van der Waals surface area contributed by atoms with Crippen molar-refractivity contribution in [2.75, 3.05) is 13.2 Å². The van der Waals surface area contributed by atoms with Gasteiger partial charge >= 0.3 is 17.9 Å². The molecule has 0 saturated carbocycles. The van der Waals surface area contributed by atoms with Gasteiger partial charge in [-0.2, -0.15) is 0 Å². The Morgan fingerprint density at radius 2 is 1.90 bits per heavy atom. The highest BCUT2D eigenvalue weighted by Gasteiger charge is 2.33. The van der Waals surface area contributed by atoms with Gasteiger partial charge in [-0.1, -0.05) is 20.8 Å². The number of carbonyl (C=O) groups excluding carboxylic acids is 4. The fourth-order valence-electron chi connectivity index (χ4n) is 3.39. The van der Waals surface area contributed by atoms with E-state index in [0.29, 0.717) is 32.3 Å². The molecule has 1 rings (SSSR count). The Labute approximate surface area is 183 Å². The Bertz CT molecular complexity index is 647. The molecule has 31 heavy (non-hydrogen) atoms. The highest BCUT2D eigenvalue weighted by molar-refractivity contribution is 5.93. The van der Waals surface area contributed by atoms with Crippen LogP contribution < -0.4 is 5.32 Å². The average molecular weight is 442 g/mol. The molecule has 1 aliphatic heterocycles. The SMILES string of the molecule is C=C(O)C(=O)OCC(CC(CC)OCCC)CC(CC)C(=O)OC(=O)C1CCC(=O)N1. The minimum Gasteiger partial charge on any atom is -0.502 e. The first-order chi connectivity index (χ1) is 14.7. The third-order valence-corrected chi connectivity index (χ3v) is 5.22. The van der Waals surface area contributed by atoms with E-state index < -0.39 is 35.6 Å². The number of nitrogens with one attached hydrogen (secondary N) is 1. The van der Waals surface area contributed by atoms with Gasteiger partial charge in [-0.05, 0) is 51.0 Å². The zero-order chi connectivity index (χ0) is 23.4. The molecule has 1 saturated heterocycles. The van der Waals surface area contributed by atoms with E-state index in [2.05, 4.69) is 11.9 Å². The van der Waals surface area contributed by atoms with Crippen molar-refractivity contribution in [3.8, 4) is 0 Å². The summed E-state index contributed by atoms with van der Waals surface area (Å²) in [6.07, 6.45) is 3.35. The van der Waals surface area contributed by atoms with Crippen molar-refractivity contribution < 1.29 is 38.5 Å². The van der Waals surface area contributed by atoms with E-state index in [4.69, 9.17) is 14.2 Å². The van der Waals surface area contributed by atoms with Crippen LogP contribution in [-0.4, -0.2) is 54.3 Å². The van der Waals surface area contributed by atoms with E-state index in [1.165, 1.54) is 0 Å². The van der Waals surface area contributed by atoms with Gasteiger partial charge in [-0.25, -0.2) is 9.59 Å². The van der Waals surface area contributed by atoms with Crippen molar-refractivity contribution in [3.05, 3.63) is 12.3 Å². The van der Waals surface area contributed by atoms with Crippen LogP contribution in [0, 0.1) is 11.8 Å². The summed E-state index contributed by atoms with van der Waals surface area (Å²) in [4.78, 5) is 47.6. The molecule has 1 amide bonds. The predicted molar refractivity (Wildman–Crippen MR) is 112 cm³/mol. The number of hydrogen-bond acceptors (Lipinski definition) is 8. The fraction of sp³-hybridized carbons (Fsp3) is 0.727. The van der Waals surface area contributed by atoms with Gasteiger partial charge in [0.1, 0.15) is 6.04 Å². The molecule has 0 radical (unpaired) electrons. The third kappa shape index (κ3) is 9.50. The number of esters is 3. The highest BCUT2D eigenvalue weighted by Crippen LogP contribution is 2.25. The molecule has 2 N–H and O–H groups in total. The first-order valence-corrected chi connectivity index (χ1v) is 10.9. The van der Waals surface area contributed by atoms with Gasteiger partial charge in [-0.3, -0.25) is 9.59 Å². The number of aliphatic hydroxyl groups is 1. The zero-order valence-corrected chi connectivity index (χ0v) is 18.7. The molecule has 4 unspecified atom stereocenters. The van der Waals surface area contributed by atoms with Crippen LogP contribution in [-0.2, 0) is 33.4 Å². The van der Waals surface area contributed by atoms with Gasteiger partial charge in [0.2, 0.25) is 5.91 Å². The van der Waals surface area contributed by atoms with Crippen LogP contribution in [0.5, 0.6) is 0 Å². The summed E-state index contributed by atoms with van der Waals surface area (Å²) in [6.45, 7) is 9.51. The minimum atomic E-state index is -0.921. The van der Waals surface area contributed by atoms with Crippen LogP contribution in [0.15, 0.2) is 12.3 Å². The van der Waals surface area contributed by atoms with Gasteiger partial charge in [0.15, 0.2) is 5.76 Å². The van der Waals surface area contributed by atoms with E-state index in [-0.39, 0.29) is 31.0 Å². The van der Waals surface area contributed by atoms with E-state index in [1.54, 1.807) is 6.92 Å². The summed E-state index contributed by atoms with van der Waals surface area (Å²) in [7, 11) is 0. The molecule has 1 fully saturated rings. The van der Waals surface area contributed by atoms with Gasteiger partial charge in [0, 0.05) is 13.0 Å². The first kappa shape index (κ1) is 26.6. The topological polar surface area (TPSA) is 128 Å². The normalized spacial score (nSPS) is 18.5. The van der Waals surface area contributed by atoms with E-state index >= 15 is 0 Å². The van der Waals surface area contributed by atoms with Crippen molar-refractivity contribution in [1.82, 2.24) is 5.32 Å². The first-order valence-electron chi connectivity index (χ1n) is 10.9. The second-order valence-corrected chi connectivity index (χ2v) is 7.79. The smallest absolute Gasteiger partial charge is 0.372 e. The van der Waals surface area contributed by atoms with E-state index in [0.717, 1.165) is 12.8 Å². The van der Waals surface area contributed by atoms with Crippen molar-refractivity contribution in [2.24, 2.45) is 11.8 Å². The lowest BCUT2D eigenvalue weighted by atomic mass is 9.88. The van der Waals surface area contributed by atoms with Gasteiger partial charge < -0.3 is 24.6 Å². The average Bonchev–Trinajstić information content (AvgIpc) is 3.18. The molecule has 0 bridgehead atoms. The molecule has 0 spiro atoms. The number of aliphatic hydroxyl groups excluding tert-OH is 1. The van der Waals surface area contributed by atoms with E-state index in [1.807, 2.05) is 13.8 Å². The van der Waals surface area contributed by atoms with Crippen LogP contribution in [0.4, 0.5) is 0 Å². The molecule has 4 atom stereocenters. The monoisotopic (exact) mass is 441 g/mol. The van der Waals surface area contributed by atoms with Crippen molar-refractivity contribution in [1.29, 1.82) is 0 Å². The Balaban J connectivity index is 2.77. The Morgan fingerprint density at radius 1 is 1.19 bits per heavy atom. The van der Waals surface area contributed by atoms with Gasteiger partial charge in [-0.15, -0.1) is 0 Å².